The lowest BCUT2D eigenvalue weighted by molar-refractivity contribution is -0.161. The van der Waals surface area contributed by atoms with Gasteiger partial charge < -0.3 is 34.3 Å². The number of aromatic nitrogens is 4. The molecule has 2 aromatic heterocycles. The van der Waals surface area contributed by atoms with Gasteiger partial charge in [0.25, 0.3) is 0 Å². The Labute approximate surface area is 297 Å². The fraction of sp³-hybridized carbons (Fsp3) is 0.667. The van der Waals surface area contributed by atoms with E-state index >= 15 is 0 Å². The molecule has 268 valence electrons. The summed E-state index contributed by atoms with van der Waals surface area (Å²) in [7, 11) is 0. The third kappa shape index (κ3) is 9.85. The Bertz CT molecular complexity index is 1610. The number of carbonyl (C=O) groups excluding carboxylic acids is 3. The lowest BCUT2D eigenvalue weighted by Crippen LogP contribution is -2.51. The Morgan fingerprint density at radius 2 is 1.76 bits per heavy atom. The van der Waals surface area contributed by atoms with E-state index < -0.39 is 65.0 Å². The number of nitrogens with one attached hydrogen (secondary N) is 2. The van der Waals surface area contributed by atoms with Gasteiger partial charge in [-0.2, -0.15) is 4.98 Å². The van der Waals surface area contributed by atoms with E-state index in [4.69, 9.17) is 38.5 Å². The summed E-state index contributed by atoms with van der Waals surface area (Å²) >= 11 is 4.56. The molecule has 3 aliphatic rings. The smallest absolute Gasteiger partial charge is 0.408 e. The third-order valence-electron chi connectivity index (χ3n) is 8.14. The summed E-state index contributed by atoms with van der Waals surface area (Å²) in [6, 6.07) is -1.50. The average molecular weight is 722 g/mol. The van der Waals surface area contributed by atoms with Crippen LogP contribution in [-0.4, -0.2) is 90.7 Å². The van der Waals surface area contributed by atoms with Crippen molar-refractivity contribution in [2.75, 3.05) is 35.6 Å². The summed E-state index contributed by atoms with van der Waals surface area (Å²) in [6.45, 7) is 8.51. The van der Waals surface area contributed by atoms with Crippen LogP contribution in [0.5, 0.6) is 0 Å². The molecule has 0 radical (unpaired) electrons. The van der Waals surface area contributed by atoms with E-state index in [9.17, 15) is 18.9 Å². The van der Waals surface area contributed by atoms with Gasteiger partial charge in [0.05, 0.1) is 19.7 Å². The van der Waals surface area contributed by atoms with Gasteiger partial charge >= 0.3 is 18.0 Å². The monoisotopic (exact) mass is 721 g/mol. The van der Waals surface area contributed by atoms with Crippen LogP contribution >= 0.6 is 11.6 Å². The quantitative estimate of drug-likeness (QED) is 0.199. The fourth-order valence-corrected chi connectivity index (χ4v) is 7.07. The molecule has 14 nitrogen and oxygen atoms in total. The predicted octanol–water partition coefficient (Wildman–Crippen LogP) is 4.47. The van der Waals surface area contributed by atoms with Crippen molar-refractivity contribution in [2.24, 2.45) is 0 Å². The highest BCUT2D eigenvalue weighted by Crippen LogP contribution is 2.40. The average Bonchev–Trinajstić information content (AvgIpc) is 3.37. The normalized spacial score (nSPS) is 20.6. The predicted molar refractivity (Wildman–Crippen MR) is 183 cm³/mol. The first-order valence-corrected chi connectivity index (χ1v) is 18.2. The van der Waals surface area contributed by atoms with E-state index in [-0.39, 0.29) is 24.6 Å². The maximum atomic E-state index is 13.3. The Morgan fingerprint density at radius 3 is 2.35 bits per heavy atom. The molecular weight excluding hydrogens is 674 g/mol. The van der Waals surface area contributed by atoms with Gasteiger partial charge in [-0.3, -0.25) is 4.79 Å². The van der Waals surface area contributed by atoms with Crippen molar-refractivity contribution in [1.29, 1.82) is 0 Å². The Balaban J connectivity index is 1.32. The molecule has 1 saturated carbocycles. The molecule has 0 unspecified atom stereocenters. The van der Waals surface area contributed by atoms with Crippen molar-refractivity contribution in [3.05, 3.63) is 28.9 Å². The number of aryl methyl sites for hydroxylation is 1. The fourth-order valence-electron chi connectivity index (χ4n) is 5.67. The van der Waals surface area contributed by atoms with Gasteiger partial charge in [-0.1, -0.05) is 11.6 Å². The maximum Gasteiger partial charge on any atom is 0.408 e. The van der Waals surface area contributed by atoms with Crippen LogP contribution in [0.4, 0.5) is 16.6 Å². The second-order valence-corrected chi connectivity index (χ2v) is 16.5. The maximum absolute atomic E-state index is 13.3. The SMILES string of the molecule is [2H]C([2H])(OC(=O)C[C@H](NC(=O)OC(C)(C)C)C(=O)OC(C)(C)C)C1(Nc2nc(N3CCC(c4ncc(Cl)cn4)CC3)nc3c2[S@+]([O-])CC3)CCC1. The van der Waals surface area contributed by atoms with Crippen LogP contribution < -0.4 is 15.5 Å². The second kappa shape index (κ2) is 14.8. The first kappa shape index (κ1) is 34.0. The molecule has 2 N–H and O–H groups in total. The zero-order chi connectivity index (χ0) is 37.4. The molecule has 5 rings (SSSR count). The number of esters is 2. The minimum atomic E-state index is -2.60. The summed E-state index contributed by atoms with van der Waals surface area (Å²) in [5, 5.41) is 6.05. The number of ether oxygens (including phenoxy) is 3. The van der Waals surface area contributed by atoms with E-state index in [0.717, 1.165) is 18.7 Å². The number of nitrogens with zero attached hydrogens (tertiary/aromatic N) is 5. The first-order valence-electron chi connectivity index (χ1n) is 17.5. The van der Waals surface area contributed by atoms with Gasteiger partial charge in [0.1, 0.15) is 41.1 Å². The van der Waals surface area contributed by atoms with Gasteiger partial charge in [0.2, 0.25) is 10.8 Å². The van der Waals surface area contributed by atoms with E-state index in [1.807, 2.05) is 4.90 Å². The highest BCUT2D eigenvalue weighted by Gasteiger charge is 2.43. The molecule has 2 aromatic rings. The second-order valence-electron chi connectivity index (χ2n) is 14.5. The molecule has 4 heterocycles. The number of halogens is 1. The summed E-state index contributed by atoms with van der Waals surface area (Å²) < 4.78 is 47.2. The van der Waals surface area contributed by atoms with Crippen LogP contribution in [0.15, 0.2) is 17.3 Å². The van der Waals surface area contributed by atoms with Gasteiger partial charge in [-0.05, 0) is 84.8 Å². The zero-order valence-electron chi connectivity index (χ0n) is 30.8. The van der Waals surface area contributed by atoms with E-state index in [2.05, 4.69) is 20.6 Å². The summed E-state index contributed by atoms with van der Waals surface area (Å²) in [6.07, 6.45) is 4.71. The molecule has 0 bridgehead atoms. The third-order valence-corrected chi connectivity index (χ3v) is 9.79. The Kier molecular flexibility index (Phi) is 10.3. The molecule has 2 atom stereocenters. The standard InChI is InChI=1S/C33H46ClN7O7S/c1-31(2,3)47-28(43)23(38-30(44)48-32(4,5)6)16-24(42)46-19-33(11-7-12-33)40-27-25-22(10-15-49(25)45)37-29(39-27)41-13-8-20(9-14-41)26-35-17-21(34)18-36-26/h17-18,20,23H,7-16,19H2,1-6H3,(H,38,44)(H,37,39,40)/t23-,49+/m0/s1/i19D2. The van der Waals surface area contributed by atoms with Gasteiger partial charge in [-0.15, -0.1) is 0 Å². The first-order chi connectivity index (χ1) is 23.7. The number of piperidine rings is 1. The highest BCUT2D eigenvalue weighted by atomic mass is 35.5. The van der Waals surface area contributed by atoms with Crippen molar-refractivity contribution in [3.63, 3.8) is 0 Å². The topological polar surface area (TPSA) is 181 Å². The van der Waals surface area contributed by atoms with Crippen LogP contribution in [0.2, 0.25) is 5.02 Å². The number of anilines is 2. The van der Waals surface area contributed by atoms with Crippen LogP contribution in [0, 0.1) is 0 Å². The molecule has 1 amide bonds. The molecular formula is C33H46ClN7O7S. The molecule has 2 aliphatic heterocycles. The minimum absolute atomic E-state index is 0.146. The summed E-state index contributed by atoms with van der Waals surface area (Å²) in [5.74, 6) is -0.0638. The number of hydrogen-bond acceptors (Lipinski definition) is 13. The number of rotatable bonds is 10. The highest BCUT2D eigenvalue weighted by molar-refractivity contribution is 7.91. The lowest BCUT2D eigenvalue weighted by atomic mass is 9.77. The molecule has 16 heteroatoms. The Hall–Kier alpha value is -3.43. The van der Waals surface area contributed by atoms with E-state index in [0.29, 0.717) is 53.2 Å². The molecule has 0 aromatic carbocycles. The zero-order valence-corrected chi connectivity index (χ0v) is 30.3. The van der Waals surface area contributed by atoms with Crippen LogP contribution in [0.1, 0.15) is 100 Å². The molecule has 49 heavy (non-hydrogen) atoms. The summed E-state index contributed by atoms with van der Waals surface area (Å²) in [4.78, 5) is 59.6. The number of amides is 1. The van der Waals surface area contributed by atoms with E-state index in [1.54, 1.807) is 53.9 Å². The van der Waals surface area contributed by atoms with E-state index in [1.165, 1.54) is 0 Å². The van der Waals surface area contributed by atoms with Crippen molar-refractivity contribution >= 4 is 52.6 Å². The van der Waals surface area contributed by atoms with Crippen LogP contribution in [-0.2, 0) is 41.4 Å². The van der Waals surface area contributed by atoms with Crippen molar-refractivity contribution in [1.82, 2.24) is 25.3 Å². The van der Waals surface area contributed by atoms with Gasteiger partial charge in [0, 0.05) is 37.8 Å². The van der Waals surface area contributed by atoms with Crippen molar-refractivity contribution in [3.8, 4) is 0 Å². The largest absolute Gasteiger partial charge is 0.611 e. The van der Waals surface area contributed by atoms with Gasteiger partial charge in [0.15, 0.2) is 5.82 Å². The summed E-state index contributed by atoms with van der Waals surface area (Å²) in [5.41, 5.74) is -2.59. The van der Waals surface area contributed by atoms with Crippen molar-refractivity contribution in [2.45, 2.75) is 120 Å². The molecule has 1 aliphatic carbocycles. The van der Waals surface area contributed by atoms with Gasteiger partial charge in [-0.25, -0.2) is 24.5 Å². The number of hydrogen-bond donors (Lipinski definition) is 2. The Morgan fingerprint density at radius 1 is 1.10 bits per heavy atom. The minimum Gasteiger partial charge on any atom is -0.611 e. The molecule has 1 saturated heterocycles. The number of alkyl carbamates (subject to hydrolysis) is 1. The number of carbonyl (C=O) groups is 3. The van der Waals surface area contributed by atoms with Crippen LogP contribution in [0.3, 0.4) is 0 Å². The number of fused-ring (bicyclic) bond motifs is 1. The molecule has 2 fully saturated rings. The lowest BCUT2D eigenvalue weighted by Gasteiger charge is -2.42. The van der Waals surface area contributed by atoms with Crippen molar-refractivity contribution < 1.29 is 35.9 Å². The van der Waals surface area contributed by atoms with Crippen LogP contribution in [0.25, 0.3) is 0 Å². The molecule has 0 spiro atoms.